The summed E-state index contributed by atoms with van der Waals surface area (Å²) in [4.78, 5) is 0. The molecule has 0 amide bonds. The zero-order valence-corrected chi connectivity index (χ0v) is 13.1. The van der Waals surface area contributed by atoms with Gasteiger partial charge in [0, 0.05) is 6.54 Å². The molecule has 3 aromatic carbocycles. The van der Waals surface area contributed by atoms with Crippen LogP contribution in [-0.2, 0) is 13.0 Å². The standard InChI is InChI=1S/C21H21NO/c1-3-9-18(10-4-1)15-16-22-20-13-7-8-14-21(20)23-17-19-11-5-2-6-12-19/h1-14,22H,15-17H2. The summed E-state index contributed by atoms with van der Waals surface area (Å²) in [5.74, 6) is 0.893. The van der Waals surface area contributed by atoms with Crippen molar-refractivity contribution >= 4 is 5.69 Å². The molecule has 2 heteroatoms. The molecular weight excluding hydrogens is 282 g/mol. The Bertz CT molecular complexity index is 710. The molecule has 3 aromatic rings. The van der Waals surface area contributed by atoms with Crippen LogP contribution in [0.2, 0.25) is 0 Å². The predicted octanol–water partition coefficient (Wildman–Crippen LogP) is 4.92. The number of hydrogen-bond acceptors (Lipinski definition) is 2. The largest absolute Gasteiger partial charge is 0.487 e. The highest BCUT2D eigenvalue weighted by Crippen LogP contribution is 2.24. The highest BCUT2D eigenvalue weighted by atomic mass is 16.5. The highest BCUT2D eigenvalue weighted by molar-refractivity contribution is 5.56. The van der Waals surface area contributed by atoms with E-state index in [0.29, 0.717) is 6.61 Å². The van der Waals surface area contributed by atoms with Crippen LogP contribution in [0, 0.1) is 0 Å². The topological polar surface area (TPSA) is 21.3 Å². The number of nitrogens with one attached hydrogen (secondary N) is 1. The highest BCUT2D eigenvalue weighted by Gasteiger charge is 2.03. The van der Waals surface area contributed by atoms with Gasteiger partial charge in [-0.05, 0) is 29.7 Å². The van der Waals surface area contributed by atoms with Crippen molar-refractivity contribution in [3.8, 4) is 5.75 Å². The molecule has 0 saturated carbocycles. The van der Waals surface area contributed by atoms with Crippen LogP contribution in [0.3, 0.4) is 0 Å². The summed E-state index contributed by atoms with van der Waals surface area (Å²) in [5.41, 5.74) is 3.55. The lowest BCUT2D eigenvalue weighted by Crippen LogP contribution is -2.06. The number of para-hydroxylation sites is 2. The van der Waals surface area contributed by atoms with E-state index in [2.05, 4.69) is 47.8 Å². The zero-order valence-electron chi connectivity index (χ0n) is 13.1. The lowest BCUT2D eigenvalue weighted by atomic mass is 10.1. The van der Waals surface area contributed by atoms with Gasteiger partial charge in [0.1, 0.15) is 12.4 Å². The van der Waals surface area contributed by atoms with Crippen molar-refractivity contribution in [2.45, 2.75) is 13.0 Å². The maximum Gasteiger partial charge on any atom is 0.142 e. The first-order valence-corrected chi connectivity index (χ1v) is 7.95. The second kappa shape index (κ2) is 8.04. The molecule has 0 saturated heterocycles. The SMILES string of the molecule is c1ccc(CCNc2ccccc2OCc2ccccc2)cc1. The van der Waals surface area contributed by atoms with Gasteiger partial charge in [-0.25, -0.2) is 0 Å². The third-order valence-electron chi connectivity index (χ3n) is 3.70. The molecule has 0 radical (unpaired) electrons. The van der Waals surface area contributed by atoms with Gasteiger partial charge in [0.05, 0.1) is 5.69 Å². The van der Waals surface area contributed by atoms with Gasteiger partial charge < -0.3 is 10.1 Å². The van der Waals surface area contributed by atoms with Crippen LogP contribution >= 0.6 is 0 Å². The van der Waals surface area contributed by atoms with E-state index >= 15 is 0 Å². The van der Waals surface area contributed by atoms with Gasteiger partial charge in [0.15, 0.2) is 0 Å². The summed E-state index contributed by atoms with van der Waals surface area (Å²) >= 11 is 0. The molecule has 0 aromatic heterocycles. The molecule has 23 heavy (non-hydrogen) atoms. The van der Waals surface area contributed by atoms with Crippen molar-refractivity contribution < 1.29 is 4.74 Å². The monoisotopic (exact) mass is 303 g/mol. The third kappa shape index (κ3) is 4.62. The van der Waals surface area contributed by atoms with Crippen molar-refractivity contribution in [2.24, 2.45) is 0 Å². The van der Waals surface area contributed by atoms with Crippen LogP contribution in [0.4, 0.5) is 5.69 Å². The van der Waals surface area contributed by atoms with Gasteiger partial charge in [-0.3, -0.25) is 0 Å². The molecule has 0 heterocycles. The molecule has 3 rings (SSSR count). The molecule has 116 valence electrons. The first kappa shape index (κ1) is 15.2. The van der Waals surface area contributed by atoms with Crippen molar-refractivity contribution in [1.29, 1.82) is 0 Å². The Kier molecular flexibility index (Phi) is 5.30. The molecule has 1 N–H and O–H groups in total. The summed E-state index contributed by atoms with van der Waals surface area (Å²) in [6, 6.07) is 28.8. The first-order valence-electron chi connectivity index (χ1n) is 7.95. The van der Waals surface area contributed by atoms with Gasteiger partial charge in [-0.1, -0.05) is 72.8 Å². The Labute approximate surface area is 137 Å². The Morgan fingerprint density at radius 2 is 1.26 bits per heavy atom. The van der Waals surface area contributed by atoms with E-state index in [1.165, 1.54) is 11.1 Å². The number of anilines is 1. The summed E-state index contributed by atoms with van der Waals surface area (Å²) in [7, 11) is 0. The second-order valence-corrected chi connectivity index (χ2v) is 5.43. The lowest BCUT2D eigenvalue weighted by Gasteiger charge is -2.13. The van der Waals surface area contributed by atoms with E-state index in [0.717, 1.165) is 24.4 Å². The van der Waals surface area contributed by atoms with Gasteiger partial charge in [-0.2, -0.15) is 0 Å². The molecule has 2 nitrogen and oxygen atoms in total. The number of ether oxygens (including phenoxy) is 1. The number of hydrogen-bond donors (Lipinski definition) is 1. The minimum absolute atomic E-state index is 0.582. The maximum atomic E-state index is 5.96. The van der Waals surface area contributed by atoms with Gasteiger partial charge in [0.2, 0.25) is 0 Å². The molecule has 0 fully saturated rings. The van der Waals surface area contributed by atoms with Crippen molar-refractivity contribution in [3.05, 3.63) is 96.1 Å². The van der Waals surface area contributed by atoms with E-state index < -0.39 is 0 Å². The maximum absolute atomic E-state index is 5.96. The van der Waals surface area contributed by atoms with Gasteiger partial charge in [0.25, 0.3) is 0 Å². The quantitative estimate of drug-likeness (QED) is 0.669. The van der Waals surface area contributed by atoms with E-state index in [9.17, 15) is 0 Å². The van der Waals surface area contributed by atoms with Crippen LogP contribution in [0.1, 0.15) is 11.1 Å². The van der Waals surface area contributed by atoms with Crippen LogP contribution < -0.4 is 10.1 Å². The molecule has 0 aliphatic rings. The summed E-state index contributed by atoms with van der Waals surface area (Å²) in [6.07, 6.45) is 0.994. The van der Waals surface area contributed by atoms with Crippen LogP contribution in [0.5, 0.6) is 5.75 Å². The van der Waals surface area contributed by atoms with Gasteiger partial charge >= 0.3 is 0 Å². The smallest absolute Gasteiger partial charge is 0.142 e. The average molecular weight is 303 g/mol. The Hall–Kier alpha value is -2.74. The van der Waals surface area contributed by atoms with Crippen LogP contribution in [0.15, 0.2) is 84.9 Å². The predicted molar refractivity (Wildman–Crippen MR) is 95.9 cm³/mol. The van der Waals surface area contributed by atoms with E-state index in [4.69, 9.17) is 4.74 Å². The average Bonchev–Trinajstić information content (AvgIpc) is 2.63. The molecule has 0 spiro atoms. The number of benzene rings is 3. The second-order valence-electron chi connectivity index (χ2n) is 5.43. The minimum atomic E-state index is 0.582. The van der Waals surface area contributed by atoms with Crippen molar-refractivity contribution in [3.63, 3.8) is 0 Å². The summed E-state index contributed by atoms with van der Waals surface area (Å²) < 4.78 is 5.96. The van der Waals surface area contributed by atoms with Crippen LogP contribution in [-0.4, -0.2) is 6.54 Å². The fourth-order valence-electron chi connectivity index (χ4n) is 2.46. The molecule has 0 aliphatic heterocycles. The third-order valence-corrected chi connectivity index (χ3v) is 3.70. The molecule has 0 aliphatic carbocycles. The Balaban J connectivity index is 1.57. The molecule has 0 bridgehead atoms. The van der Waals surface area contributed by atoms with Crippen molar-refractivity contribution in [1.82, 2.24) is 0 Å². The fourth-order valence-corrected chi connectivity index (χ4v) is 2.46. The Morgan fingerprint density at radius 3 is 2.00 bits per heavy atom. The lowest BCUT2D eigenvalue weighted by molar-refractivity contribution is 0.307. The normalized spacial score (nSPS) is 10.3. The van der Waals surface area contributed by atoms with Crippen molar-refractivity contribution in [2.75, 3.05) is 11.9 Å². The van der Waals surface area contributed by atoms with Crippen LogP contribution in [0.25, 0.3) is 0 Å². The minimum Gasteiger partial charge on any atom is -0.487 e. The molecular formula is C21H21NO. The van der Waals surface area contributed by atoms with Gasteiger partial charge in [-0.15, -0.1) is 0 Å². The molecule has 0 unspecified atom stereocenters. The Morgan fingerprint density at radius 1 is 0.652 bits per heavy atom. The first-order chi connectivity index (χ1) is 11.4. The number of rotatable bonds is 7. The summed E-state index contributed by atoms with van der Waals surface area (Å²) in [5, 5.41) is 3.47. The van der Waals surface area contributed by atoms with E-state index in [-0.39, 0.29) is 0 Å². The summed E-state index contributed by atoms with van der Waals surface area (Å²) in [6.45, 7) is 1.47. The van der Waals surface area contributed by atoms with E-state index in [1.54, 1.807) is 0 Å². The zero-order chi connectivity index (χ0) is 15.7. The van der Waals surface area contributed by atoms with E-state index in [1.807, 2.05) is 42.5 Å². The molecule has 0 atom stereocenters. The fraction of sp³-hybridized carbons (Fsp3) is 0.143.